The number of pyridine rings is 1. The van der Waals surface area contributed by atoms with E-state index in [2.05, 4.69) is 15.7 Å². The largest absolute Gasteiger partial charge is 0.343 e. The van der Waals surface area contributed by atoms with Gasteiger partial charge in [-0.1, -0.05) is 17.7 Å². The third-order valence-electron chi connectivity index (χ3n) is 5.23. The number of carbonyl (C=O) groups excluding carboxylic acids is 2. The van der Waals surface area contributed by atoms with Gasteiger partial charge in [0, 0.05) is 41.7 Å². The van der Waals surface area contributed by atoms with E-state index in [4.69, 9.17) is 11.6 Å². The summed E-state index contributed by atoms with van der Waals surface area (Å²) in [4.78, 5) is 37.8. The first-order valence-corrected chi connectivity index (χ1v) is 10.3. The monoisotopic (exact) mass is 467 g/mol. The van der Waals surface area contributed by atoms with Crippen LogP contribution in [0.5, 0.6) is 0 Å². The first-order valence-electron chi connectivity index (χ1n) is 9.96. The van der Waals surface area contributed by atoms with E-state index in [-0.39, 0.29) is 17.7 Å². The summed E-state index contributed by atoms with van der Waals surface area (Å²) in [5.74, 6) is -1.34. The molecule has 0 unspecified atom stereocenters. The number of halogens is 2. The molecule has 0 spiro atoms. The van der Waals surface area contributed by atoms with Crippen molar-refractivity contribution >= 4 is 41.1 Å². The van der Waals surface area contributed by atoms with Crippen LogP contribution in [0.4, 0.5) is 20.6 Å². The Labute approximate surface area is 193 Å². The molecule has 2 heterocycles. The van der Waals surface area contributed by atoms with Crippen molar-refractivity contribution < 1.29 is 14.0 Å². The van der Waals surface area contributed by atoms with Crippen LogP contribution in [0.1, 0.15) is 13.3 Å². The van der Waals surface area contributed by atoms with Crippen molar-refractivity contribution in [2.75, 3.05) is 10.6 Å². The molecule has 0 fully saturated rings. The summed E-state index contributed by atoms with van der Waals surface area (Å²) in [6.45, 7) is 1.53. The van der Waals surface area contributed by atoms with Crippen LogP contribution in [0, 0.1) is 5.82 Å². The van der Waals surface area contributed by atoms with Crippen molar-refractivity contribution in [1.82, 2.24) is 9.58 Å². The molecule has 2 aromatic carbocycles. The second kappa shape index (κ2) is 8.87. The van der Waals surface area contributed by atoms with Crippen LogP contribution in [-0.4, -0.2) is 33.3 Å². The van der Waals surface area contributed by atoms with Gasteiger partial charge in [0.15, 0.2) is 0 Å². The summed E-state index contributed by atoms with van der Waals surface area (Å²) in [6, 6.07) is 14.5. The highest BCUT2D eigenvalue weighted by atomic mass is 35.5. The minimum Gasteiger partial charge on any atom is -0.321 e. The van der Waals surface area contributed by atoms with Crippen LogP contribution >= 0.6 is 11.6 Å². The molecule has 168 valence electrons. The molecule has 33 heavy (non-hydrogen) atoms. The average Bonchev–Trinajstić information content (AvgIpc) is 3.20. The minimum absolute atomic E-state index is 0.0843. The highest BCUT2D eigenvalue weighted by Gasteiger charge is 2.45. The summed E-state index contributed by atoms with van der Waals surface area (Å²) in [6.07, 6.45) is 3.11. The average molecular weight is 468 g/mol. The SMILES string of the molecule is C[C@@]1(C(=O)Nc2ccc(-n3ccccc3=O)cc2F)CC=NN1C(=O)Nc1ccc(Cl)cc1. The van der Waals surface area contributed by atoms with Gasteiger partial charge in [0.2, 0.25) is 0 Å². The number of aromatic nitrogens is 1. The van der Waals surface area contributed by atoms with Gasteiger partial charge in [-0.25, -0.2) is 9.18 Å². The van der Waals surface area contributed by atoms with Crippen molar-refractivity contribution in [2.24, 2.45) is 5.10 Å². The fraction of sp³-hybridized carbons (Fsp3) is 0.130. The van der Waals surface area contributed by atoms with Crippen molar-refractivity contribution in [3.8, 4) is 5.69 Å². The minimum atomic E-state index is -1.38. The van der Waals surface area contributed by atoms with E-state index in [0.29, 0.717) is 16.4 Å². The number of rotatable bonds is 4. The zero-order chi connectivity index (χ0) is 23.6. The zero-order valence-electron chi connectivity index (χ0n) is 17.5. The van der Waals surface area contributed by atoms with Gasteiger partial charge >= 0.3 is 6.03 Å². The summed E-state index contributed by atoms with van der Waals surface area (Å²) >= 11 is 5.86. The number of benzene rings is 2. The molecule has 0 radical (unpaired) electrons. The molecule has 8 nitrogen and oxygen atoms in total. The van der Waals surface area contributed by atoms with Gasteiger partial charge in [0.25, 0.3) is 11.5 Å². The van der Waals surface area contributed by atoms with Crippen LogP contribution in [0.15, 0.2) is 76.8 Å². The third-order valence-corrected chi connectivity index (χ3v) is 5.48. The maximum atomic E-state index is 14.8. The number of hydrogen-bond acceptors (Lipinski definition) is 4. The molecule has 1 atom stereocenters. The van der Waals surface area contributed by atoms with Crippen molar-refractivity contribution in [3.05, 3.63) is 88.1 Å². The number of nitrogens with zero attached hydrogens (tertiary/aromatic N) is 3. The predicted octanol–water partition coefficient (Wildman–Crippen LogP) is 4.25. The maximum Gasteiger partial charge on any atom is 0.343 e. The number of hydrogen-bond donors (Lipinski definition) is 2. The number of anilines is 2. The van der Waals surface area contributed by atoms with Gasteiger partial charge < -0.3 is 10.6 Å². The van der Waals surface area contributed by atoms with E-state index in [1.165, 1.54) is 42.1 Å². The number of nitrogens with one attached hydrogen (secondary N) is 2. The molecular formula is C23H19ClFN5O3. The third kappa shape index (κ3) is 4.49. The molecule has 3 amide bonds. The molecule has 0 saturated heterocycles. The van der Waals surface area contributed by atoms with Crippen LogP contribution in [-0.2, 0) is 4.79 Å². The number of urea groups is 1. The Kier molecular flexibility index (Phi) is 5.97. The van der Waals surface area contributed by atoms with Crippen LogP contribution in [0.2, 0.25) is 5.02 Å². The highest BCUT2D eigenvalue weighted by molar-refractivity contribution is 6.30. The van der Waals surface area contributed by atoms with Gasteiger partial charge in [0.05, 0.1) is 11.4 Å². The lowest BCUT2D eigenvalue weighted by Gasteiger charge is -2.31. The molecule has 4 rings (SSSR count). The van der Waals surface area contributed by atoms with E-state index in [1.807, 2.05) is 0 Å². The van der Waals surface area contributed by atoms with Crippen LogP contribution < -0.4 is 16.2 Å². The molecule has 0 bridgehead atoms. The van der Waals surface area contributed by atoms with Crippen LogP contribution in [0.3, 0.4) is 0 Å². The quantitative estimate of drug-likeness (QED) is 0.600. The first kappa shape index (κ1) is 22.2. The van der Waals surface area contributed by atoms with E-state index in [1.54, 1.807) is 36.4 Å². The van der Waals surface area contributed by atoms with Crippen molar-refractivity contribution in [3.63, 3.8) is 0 Å². The van der Waals surface area contributed by atoms with Gasteiger partial charge in [0.1, 0.15) is 11.4 Å². The van der Waals surface area contributed by atoms with E-state index in [9.17, 15) is 18.8 Å². The predicted molar refractivity (Wildman–Crippen MR) is 124 cm³/mol. The zero-order valence-corrected chi connectivity index (χ0v) is 18.2. The van der Waals surface area contributed by atoms with E-state index >= 15 is 0 Å². The Balaban J connectivity index is 1.51. The molecule has 1 aliphatic heterocycles. The van der Waals surface area contributed by atoms with Crippen molar-refractivity contribution in [1.29, 1.82) is 0 Å². The number of hydrazone groups is 1. The highest BCUT2D eigenvalue weighted by Crippen LogP contribution is 2.28. The lowest BCUT2D eigenvalue weighted by Crippen LogP contribution is -2.53. The fourth-order valence-corrected chi connectivity index (χ4v) is 3.47. The molecule has 1 aliphatic rings. The van der Waals surface area contributed by atoms with Crippen molar-refractivity contribution in [2.45, 2.75) is 18.9 Å². The molecule has 1 aromatic heterocycles. The number of amides is 3. The molecule has 10 heteroatoms. The number of carbonyl (C=O) groups is 2. The standard InChI is InChI=1S/C23H19ClFN5O3/c1-23(11-12-26-30(23)22(33)27-16-7-5-15(24)6-8-16)21(32)28-19-10-9-17(14-18(19)25)29-13-3-2-4-20(29)31/h2-10,12-14H,11H2,1H3,(H,27,33)(H,28,32)/t23-/m0/s1. The lowest BCUT2D eigenvalue weighted by molar-refractivity contribution is -0.124. The Bertz CT molecular complexity index is 1310. The van der Waals surface area contributed by atoms with Gasteiger partial charge in [-0.05, 0) is 49.4 Å². The summed E-state index contributed by atoms with van der Waals surface area (Å²) in [7, 11) is 0. The van der Waals surface area contributed by atoms with E-state index in [0.717, 1.165) is 11.1 Å². The summed E-state index contributed by atoms with van der Waals surface area (Å²) in [5.41, 5.74) is -0.981. The van der Waals surface area contributed by atoms with Gasteiger partial charge in [-0.3, -0.25) is 14.2 Å². The Morgan fingerprint density at radius 2 is 1.85 bits per heavy atom. The van der Waals surface area contributed by atoms with Gasteiger partial charge in [-0.2, -0.15) is 10.1 Å². The molecule has 2 N–H and O–H groups in total. The first-order chi connectivity index (χ1) is 15.8. The Hall–Kier alpha value is -3.98. The molecule has 3 aromatic rings. The normalized spacial score (nSPS) is 17.1. The molecule has 0 aliphatic carbocycles. The van der Waals surface area contributed by atoms with Crippen LogP contribution in [0.25, 0.3) is 5.69 Å². The summed E-state index contributed by atoms with van der Waals surface area (Å²) in [5, 5.41) is 10.7. The second-order valence-electron chi connectivity index (χ2n) is 7.55. The topological polar surface area (TPSA) is 95.8 Å². The Morgan fingerprint density at radius 1 is 1.09 bits per heavy atom. The maximum absolute atomic E-state index is 14.8. The van der Waals surface area contributed by atoms with Gasteiger partial charge in [-0.15, -0.1) is 0 Å². The molecule has 0 saturated carbocycles. The molecular weight excluding hydrogens is 449 g/mol. The van der Waals surface area contributed by atoms with E-state index < -0.39 is 23.3 Å². The lowest BCUT2D eigenvalue weighted by atomic mass is 9.97. The Morgan fingerprint density at radius 3 is 2.55 bits per heavy atom. The second-order valence-corrected chi connectivity index (χ2v) is 7.99. The fourth-order valence-electron chi connectivity index (χ4n) is 3.34. The smallest absolute Gasteiger partial charge is 0.321 e. The summed E-state index contributed by atoms with van der Waals surface area (Å²) < 4.78 is 16.0.